The highest BCUT2D eigenvalue weighted by Crippen LogP contribution is 2.45. The van der Waals surface area contributed by atoms with E-state index < -0.39 is 116 Å². The van der Waals surface area contributed by atoms with Crippen LogP contribution in [0.2, 0.25) is 0 Å². The van der Waals surface area contributed by atoms with Crippen LogP contribution in [0, 0.1) is 0 Å². The molecule has 0 bridgehead atoms. The monoisotopic (exact) mass is 698 g/mol. The number of esters is 1. The van der Waals surface area contributed by atoms with Gasteiger partial charge in [0.1, 0.15) is 84.9 Å². The number of carbonyl (C=O) groups excluding carboxylic acids is 1. The molecule has 0 radical (unpaired) electrons. The Labute approximate surface area is 275 Å². The van der Waals surface area contributed by atoms with Crippen LogP contribution in [0.1, 0.15) is 23.7 Å². The van der Waals surface area contributed by atoms with Crippen molar-refractivity contribution in [3.05, 3.63) is 47.2 Å². The Balaban J connectivity index is 1.49. The fourth-order valence-electron chi connectivity index (χ4n) is 5.39. The van der Waals surface area contributed by atoms with Crippen LogP contribution < -0.4 is 4.74 Å². The lowest BCUT2D eigenvalue weighted by molar-refractivity contribution is -0.357. The Hall–Kier alpha value is -4.44. The molecule has 2 aromatic carbocycles. The highest BCUT2D eigenvalue weighted by molar-refractivity contribution is 5.90. The summed E-state index contributed by atoms with van der Waals surface area (Å²) in [6, 6.07) is 5.75. The number of carbonyl (C=O) groups is 2. The number of rotatable bonds is 10. The lowest BCUT2D eigenvalue weighted by atomic mass is 9.96. The van der Waals surface area contributed by atoms with Crippen LogP contribution >= 0.6 is 0 Å². The normalized spacial score (nSPS) is 32.7. The van der Waals surface area contributed by atoms with E-state index in [9.17, 15) is 60.7 Å². The molecule has 3 aliphatic rings. The first-order valence-corrected chi connectivity index (χ1v) is 14.7. The first kappa shape index (κ1) is 35.9. The van der Waals surface area contributed by atoms with Crippen molar-refractivity contribution in [3.63, 3.8) is 0 Å². The lowest BCUT2D eigenvalue weighted by Crippen LogP contribution is -2.65. The maximum Gasteiger partial charge on any atom is 0.317 e. The molecule has 268 valence electrons. The molecule has 11 atom stereocenters. The van der Waals surface area contributed by atoms with Crippen molar-refractivity contribution in [1.82, 2.24) is 0 Å². The number of aliphatic carboxylic acids is 1. The van der Waals surface area contributed by atoms with Gasteiger partial charge in [-0.2, -0.15) is 0 Å². The molecule has 11 N–H and O–H groups in total. The number of aromatic hydroxyl groups is 4. The van der Waals surface area contributed by atoms with Crippen molar-refractivity contribution >= 4 is 18.0 Å². The smallest absolute Gasteiger partial charge is 0.317 e. The number of carboxylic acids is 1. The Kier molecular flexibility index (Phi) is 10.7. The maximum atomic E-state index is 12.0. The second-order valence-electron chi connectivity index (χ2n) is 11.4. The molecule has 0 amide bonds. The van der Waals surface area contributed by atoms with Crippen LogP contribution in [0.25, 0.3) is 6.08 Å². The average Bonchev–Trinajstić information content (AvgIpc) is 3.04. The van der Waals surface area contributed by atoms with E-state index in [4.69, 9.17) is 33.5 Å². The van der Waals surface area contributed by atoms with Crippen LogP contribution in [0.3, 0.4) is 0 Å². The number of aliphatic hydroxyl groups excluding tert-OH is 6. The van der Waals surface area contributed by atoms with Gasteiger partial charge in [-0.25, -0.2) is 0 Å². The summed E-state index contributed by atoms with van der Waals surface area (Å²) in [5, 5.41) is 112. The van der Waals surface area contributed by atoms with E-state index in [1.54, 1.807) is 0 Å². The molecule has 2 aromatic rings. The molecule has 2 saturated heterocycles. The van der Waals surface area contributed by atoms with Crippen molar-refractivity contribution < 1.29 is 94.2 Å². The zero-order valence-electron chi connectivity index (χ0n) is 25.1. The van der Waals surface area contributed by atoms with E-state index in [0.29, 0.717) is 0 Å². The standard InChI is InChI=1S/C30H34O19/c31-8-18-22(39)24(41)25(42)29(47-18)49-28-23(40)19(9-44-21(38)7-20(36)37)48-30(26(28)43)46-17-6-12-14(34)4-11(32)5-16(12)45-27(17)10-1-2-13(33)15(35)3-10/h1-6,18-19,22-35,39-43H,7-9H2,(H,36,37)/t18-,19-,22-,23-,24+,25-,26-,27?,28-,29+,30-/m1/s1. The number of hydrogen-bond donors (Lipinski definition) is 11. The number of phenolic OH excluding ortho intramolecular Hbond substituents is 4. The first-order chi connectivity index (χ1) is 23.2. The molecule has 3 aliphatic heterocycles. The van der Waals surface area contributed by atoms with Gasteiger partial charge in [-0.3, -0.25) is 9.59 Å². The first-order valence-electron chi connectivity index (χ1n) is 14.7. The number of carboxylic acid groups (broad SMARTS) is 1. The number of ether oxygens (including phenoxy) is 6. The van der Waals surface area contributed by atoms with Crippen LogP contribution in [0.4, 0.5) is 0 Å². The third-order valence-corrected chi connectivity index (χ3v) is 7.94. The van der Waals surface area contributed by atoms with Crippen LogP contribution in [0.15, 0.2) is 36.1 Å². The summed E-state index contributed by atoms with van der Waals surface area (Å²) in [6.45, 7) is -1.64. The molecular formula is C30H34O19. The predicted molar refractivity (Wildman–Crippen MR) is 155 cm³/mol. The minimum Gasteiger partial charge on any atom is -0.508 e. The fraction of sp³-hybridized carbons (Fsp3) is 0.467. The topological polar surface area (TPSA) is 312 Å². The van der Waals surface area contributed by atoms with Gasteiger partial charge in [0.15, 0.2) is 23.9 Å². The van der Waals surface area contributed by atoms with Gasteiger partial charge in [0.05, 0.1) is 12.2 Å². The van der Waals surface area contributed by atoms with Crippen LogP contribution in [-0.2, 0) is 33.3 Å². The van der Waals surface area contributed by atoms with Crippen molar-refractivity contribution in [2.24, 2.45) is 0 Å². The highest BCUT2D eigenvalue weighted by Gasteiger charge is 2.52. The Morgan fingerprint density at radius 1 is 0.776 bits per heavy atom. The molecule has 3 heterocycles. The van der Waals surface area contributed by atoms with Crippen molar-refractivity contribution in [3.8, 4) is 28.7 Å². The molecular weight excluding hydrogens is 664 g/mol. The summed E-state index contributed by atoms with van der Waals surface area (Å²) in [4.78, 5) is 22.9. The number of hydrogen-bond acceptors (Lipinski definition) is 18. The molecule has 2 fully saturated rings. The van der Waals surface area contributed by atoms with Gasteiger partial charge in [0, 0.05) is 17.7 Å². The molecule has 0 spiro atoms. The fourth-order valence-corrected chi connectivity index (χ4v) is 5.39. The van der Waals surface area contributed by atoms with Crippen molar-refractivity contribution in [2.75, 3.05) is 13.2 Å². The molecule has 19 heteroatoms. The molecule has 5 rings (SSSR count). The minimum absolute atomic E-state index is 0.00865. The van der Waals surface area contributed by atoms with Gasteiger partial charge in [-0.15, -0.1) is 0 Å². The lowest BCUT2D eigenvalue weighted by Gasteiger charge is -2.46. The number of benzene rings is 2. The zero-order valence-corrected chi connectivity index (χ0v) is 25.1. The summed E-state index contributed by atoms with van der Waals surface area (Å²) in [5.41, 5.74) is 0.138. The van der Waals surface area contributed by atoms with Gasteiger partial charge >= 0.3 is 11.9 Å². The summed E-state index contributed by atoms with van der Waals surface area (Å²) in [5.74, 6) is -4.87. The number of phenols is 4. The van der Waals surface area contributed by atoms with Gasteiger partial charge < -0.3 is 84.6 Å². The van der Waals surface area contributed by atoms with Crippen LogP contribution in [-0.4, -0.2) is 143 Å². The number of fused-ring (bicyclic) bond motifs is 1. The maximum absolute atomic E-state index is 12.0. The van der Waals surface area contributed by atoms with Gasteiger partial charge in [-0.1, -0.05) is 6.07 Å². The largest absolute Gasteiger partial charge is 0.508 e. The van der Waals surface area contributed by atoms with Crippen molar-refractivity contribution in [1.29, 1.82) is 0 Å². The van der Waals surface area contributed by atoms with E-state index in [1.807, 2.05) is 0 Å². The summed E-state index contributed by atoms with van der Waals surface area (Å²) in [6.07, 6.45) is -19.4. The third kappa shape index (κ3) is 7.59. The zero-order chi connectivity index (χ0) is 35.7. The molecule has 49 heavy (non-hydrogen) atoms. The van der Waals surface area contributed by atoms with E-state index in [2.05, 4.69) is 0 Å². The Bertz CT molecular complexity index is 1560. The van der Waals surface area contributed by atoms with Gasteiger partial charge in [-0.05, 0) is 18.2 Å². The Morgan fingerprint density at radius 2 is 1.49 bits per heavy atom. The average molecular weight is 699 g/mol. The van der Waals surface area contributed by atoms with E-state index in [0.717, 1.165) is 18.2 Å². The second kappa shape index (κ2) is 14.6. The molecule has 0 saturated carbocycles. The highest BCUT2D eigenvalue weighted by atomic mass is 16.7. The third-order valence-electron chi connectivity index (χ3n) is 7.94. The number of aliphatic hydroxyl groups is 6. The SMILES string of the molecule is O=C(O)CC(=O)OC[C@H]1O[C@@H](OC2=Cc3c(O)cc(O)cc3OC2c2ccc(O)c(O)c2)[C@H](O)[C@H](O[C@@H]2O[C@H](CO)[C@@H](O)[C@H](O)[C@H]2O)[C@@H]1O. The van der Waals surface area contributed by atoms with E-state index in [-0.39, 0.29) is 28.4 Å². The molecule has 19 nitrogen and oxygen atoms in total. The predicted octanol–water partition coefficient (Wildman–Crippen LogP) is -2.35. The van der Waals surface area contributed by atoms with Crippen LogP contribution in [0.5, 0.6) is 28.7 Å². The summed E-state index contributed by atoms with van der Waals surface area (Å²) < 4.78 is 33.6. The van der Waals surface area contributed by atoms with E-state index in [1.165, 1.54) is 18.2 Å². The second-order valence-corrected chi connectivity index (χ2v) is 11.4. The molecule has 0 aromatic heterocycles. The molecule has 0 aliphatic carbocycles. The van der Waals surface area contributed by atoms with E-state index >= 15 is 0 Å². The van der Waals surface area contributed by atoms with Gasteiger partial charge in [0.2, 0.25) is 6.29 Å². The minimum atomic E-state index is -2.02. The summed E-state index contributed by atoms with van der Waals surface area (Å²) in [7, 11) is 0. The van der Waals surface area contributed by atoms with Gasteiger partial charge in [0.25, 0.3) is 0 Å². The Morgan fingerprint density at radius 3 is 2.16 bits per heavy atom. The van der Waals surface area contributed by atoms with Crippen molar-refractivity contribution in [2.45, 2.75) is 73.9 Å². The molecule has 1 unspecified atom stereocenters. The summed E-state index contributed by atoms with van der Waals surface area (Å²) >= 11 is 0. The quantitative estimate of drug-likeness (QED) is 0.0703.